The number of nitrogens with zero attached hydrogens (tertiary/aromatic N) is 2. The lowest BCUT2D eigenvalue weighted by atomic mass is 10.0. The number of aldehydes is 1. The number of hydrogen-bond acceptors (Lipinski definition) is 4. The van der Waals surface area contributed by atoms with Gasteiger partial charge in [-0.3, -0.25) is 9.78 Å². The van der Waals surface area contributed by atoms with Crippen molar-refractivity contribution in [3.05, 3.63) is 65.5 Å². The van der Waals surface area contributed by atoms with E-state index in [0.717, 1.165) is 23.3 Å². The van der Waals surface area contributed by atoms with Crippen LogP contribution in [0.1, 0.15) is 34.1 Å². The summed E-state index contributed by atoms with van der Waals surface area (Å²) in [6.07, 6.45) is 3.16. The van der Waals surface area contributed by atoms with E-state index in [1.54, 1.807) is 18.3 Å². The third kappa shape index (κ3) is 2.38. The van der Waals surface area contributed by atoms with Gasteiger partial charge in [-0.15, -0.1) is 0 Å². The molecule has 1 aromatic carbocycles. The molecule has 0 radical (unpaired) electrons. The molecular formula is C15H12N2O2. The quantitative estimate of drug-likeness (QED) is 0.789. The van der Waals surface area contributed by atoms with Crippen LogP contribution in [0.4, 0.5) is 0 Å². The molecule has 0 saturated carbocycles. The fourth-order valence-corrected chi connectivity index (χ4v) is 2.03. The zero-order valence-corrected chi connectivity index (χ0v) is 10.2. The van der Waals surface area contributed by atoms with Crippen LogP contribution in [0.5, 0.6) is 0 Å². The van der Waals surface area contributed by atoms with Crippen LogP contribution in [0.3, 0.4) is 0 Å². The van der Waals surface area contributed by atoms with Crippen molar-refractivity contribution in [2.45, 2.75) is 12.5 Å². The Balaban J connectivity index is 1.75. The second kappa shape index (κ2) is 5.02. The molecule has 0 amide bonds. The van der Waals surface area contributed by atoms with Crippen LogP contribution >= 0.6 is 0 Å². The number of aromatic nitrogens is 1. The van der Waals surface area contributed by atoms with Crippen molar-refractivity contribution >= 4 is 12.0 Å². The van der Waals surface area contributed by atoms with E-state index in [-0.39, 0.29) is 6.10 Å². The van der Waals surface area contributed by atoms with Gasteiger partial charge in [-0.2, -0.15) is 0 Å². The number of hydrogen-bond donors (Lipinski definition) is 0. The number of carbonyl (C=O) groups is 1. The highest BCUT2D eigenvalue weighted by molar-refractivity contribution is 5.99. The van der Waals surface area contributed by atoms with Gasteiger partial charge < -0.3 is 4.84 Å². The van der Waals surface area contributed by atoms with Gasteiger partial charge in [-0.05, 0) is 17.7 Å². The van der Waals surface area contributed by atoms with E-state index in [4.69, 9.17) is 4.84 Å². The first-order valence-corrected chi connectivity index (χ1v) is 6.06. The summed E-state index contributed by atoms with van der Waals surface area (Å²) in [4.78, 5) is 20.3. The first-order valence-electron chi connectivity index (χ1n) is 6.06. The predicted octanol–water partition coefficient (Wildman–Crippen LogP) is 2.76. The summed E-state index contributed by atoms with van der Waals surface area (Å²) in [6.45, 7) is 0. The molecule has 1 unspecified atom stereocenters. The first kappa shape index (κ1) is 11.6. The van der Waals surface area contributed by atoms with Crippen molar-refractivity contribution in [2.24, 2.45) is 5.16 Å². The van der Waals surface area contributed by atoms with Gasteiger partial charge in [0, 0.05) is 18.2 Å². The summed E-state index contributed by atoms with van der Waals surface area (Å²) in [5, 5.41) is 4.09. The van der Waals surface area contributed by atoms with Gasteiger partial charge in [0.1, 0.15) is 12.0 Å². The van der Waals surface area contributed by atoms with Crippen LogP contribution in [0.15, 0.2) is 53.8 Å². The first-order chi connectivity index (χ1) is 9.36. The Morgan fingerprint density at radius 1 is 1.16 bits per heavy atom. The molecule has 94 valence electrons. The smallest absolute Gasteiger partial charge is 0.158 e. The minimum absolute atomic E-state index is 0.0993. The van der Waals surface area contributed by atoms with Gasteiger partial charge in [0.05, 0.1) is 5.69 Å². The normalized spacial score (nSPS) is 17.7. The van der Waals surface area contributed by atoms with Gasteiger partial charge in [0.15, 0.2) is 6.10 Å². The fourth-order valence-electron chi connectivity index (χ4n) is 2.03. The van der Waals surface area contributed by atoms with Crippen molar-refractivity contribution < 1.29 is 9.63 Å². The van der Waals surface area contributed by atoms with Crippen LogP contribution in [0.2, 0.25) is 0 Å². The fraction of sp³-hybridized carbons (Fsp3) is 0.133. The predicted molar refractivity (Wildman–Crippen MR) is 71.0 cm³/mol. The van der Waals surface area contributed by atoms with Gasteiger partial charge in [-0.1, -0.05) is 35.5 Å². The maximum absolute atomic E-state index is 10.6. The molecule has 3 rings (SSSR count). The monoisotopic (exact) mass is 252 g/mol. The Hall–Kier alpha value is -2.49. The second-order valence-corrected chi connectivity index (χ2v) is 4.34. The Kier molecular flexibility index (Phi) is 3.06. The Morgan fingerprint density at radius 3 is 2.68 bits per heavy atom. The lowest BCUT2D eigenvalue weighted by Gasteiger charge is -2.08. The van der Waals surface area contributed by atoms with E-state index in [1.807, 2.05) is 30.3 Å². The van der Waals surface area contributed by atoms with E-state index >= 15 is 0 Å². The average Bonchev–Trinajstić information content (AvgIpc) is 2.98. The molecule has 0 bridgehead atoms. The molecule has 2 aromatic rings. The van der Waals surface area contributed by atoms with Crippen molar-refractivity contribution in [3.8, 4) is 0 Å². The van der Waals surface area contributed by atoms with E-state index in [2.05, 4.69) is 10.1 Å². The van der Waals surface area contributed by atoms with Gasteiger partial charge in [0.25, 0.3) is 0 Å². The molecule has 19 heavy (non-hydrogen) atoms. The zero-order valence-electron chi connectivity index (χ0n) is 10.2. The number of pyridine rings is 1. The molecule has 4 heteroatoms. The molecule has 0 spiro atoms. The van der Waals surface area contributed by atoms with Crippen LogP contribution in [0.25, 0.3) is 0 Å². The number of rotatable bonds is 3. The third-order valence-corrected chi connectivity index (χ3v) is 3.07. The van der Waals surface area contributed by atoms with Crippen molar-refractivity contribution in [1.82, 2.24) is 4.98 Å². The Morgan fingerprint density at radius 2 is 2.00 bits per heavy atom. The average molecular weight is 252 g/mol. The van der Waals surface area contributed by atoms with Gasteiger partial charge in [0.2, 0.25) is 0 Å². The summed E-state index contributed by atoms with van der Waals surface area (Å²) in [7, 11) is 0. The Labute approximate surface area is 110 Å². The SMILES string of the molecule is O=Cc1ccc(C2CC(c3ccccn3)=NO2)cc1. The molecule has 1 atom stereocenters. The minimum atomic E-state index is -0.0993. The summed E-state index contributed by atoms with van der Waals surface area (Å²) in [6, 6.07) is 13.1. The van der Waals surface area contributed by atoms with Gasteiger partial charge in [-0.25, -0.2) is 0 Å². The summed E-state index contributed by atoms with van der Waals surface area (Å²) < 4.78 is 0. The van der Waals surface area contributed by atoms with E-state index < -0.39 is 0 Å². The van der Waals surface area contributed by atoms with Crippen LogP contribution in [-0.2, 0) is 4.84 Å². The molecule has 0 saturated heterocycles. The number of carbonyl (C=O) groups excluding carboxylic acids is 1. The minimum Gasteiger partial charge on any atom is -0.387 e. The Bertz CT molecular complexity index is 606. The highest BCUT2D eigenvalue weighted by Gasteiger charge is 2.24. The highest BCUT2D eigenvalue weighted by atomic mass is 16.6. The largest absolute Gasteiger partial charge is 0.387 e. The van der Waals surface area contributed by atoms with Crippen LogP contribution in [-0.4, -0.2) is 17.0 Å². The van der Waals surface area contributed by atoms with E-state index in [1.165, 1.54) is 0 Å². The van der Waals surface area contributed by atoms with Crippen molar-refractivity contribution in [2.75, 3.05) is 0 Å². The molecule has 0 fully saturated rings. The topological polar surface area (TPSA) is 51.5 Å². The third-order valence-electron chi connectivity index (χ3n) is 3.07. The standard InChI is InChI=1S/C15H12N2O2/c18-10-11-4-6-12(7-5-11)15-9-14(17-19-15)13-3-1-2-8-16-13/h1-8,10,15H,9H2. The lowest BCUT2D eigenvalue weighted by Crippen LogP contribution is -2.03. The van der Waals surface area contributed by atoms with Gasteiger partial charge >= 0.3 is 0 Å². The second-order valence-electron chi connectivity index (χ2n) is 4.34. The maximum Gasteiger partial charge on any atom is 0.158 e. The summed E-state index contributed by atoms with van der Waals surface area (Å²) in [5.41, 5.74) is 3.37. The zero-order chi connectivity index (χ0) is 13.1. The van der Waals surface area contributed by atoms with E-state index in [0.29, 0.717) is 12.0 Å². The van der Waals surface area contributed by atoms with E-state index in [9.17, 15) is 4.79 Å². The molecule has 1 aliphatic heterocycles. The molecule has 2 heterocycles. The highest BCUT2D eigenvalue weighted by Crippen LogP contribution is 2.28. The lowest BCUT2D eigenvalue weighted by molar-refractivity contribution is 0.0857. The van der Waals surface area contributed by atoms with Crippen LogP contribution in [0, 0.1) is 0 Å². The summed E-state index contributed by atoms with van der Waals surface area (Å²) >= 11 is 0. The molecule has 0 N–H and O–H groups in total. The maximum atomic E-state index is 10.6. The summed E-state index contributed by atoms with van der Waals surface area (Å²) in [5.74, 6) is 0. The molecule has 0 aliphatic carbocycles. The number of oxime groups is 1. The molecule has 1 aliphatic rings. The van der Waals surface area contributed by atoms with Crippen molar-refractivity contribution in [1.29, 1.82) is 0 Å². The number of benzene rings is 1. The molecular weight excluding hydrogens is 240 g/mol. The molecule has 1 aromatic heterocycles. The molecule has 4 nitrogen and oxygen atoms in total. The van der Waals surface area contributed by atoms with Crippen molar-refractivity contribution in [3.63, 3.8) is 0 Å². The van der Waals surface area contributed by atoms with Crippen LogP contribution < -0.4 is 0 Å².